The maximum Gasteiger partial charge on any atom is 0.163 e. The monoisotopic (exact) mass is 358 g/mol. The van der Waals surface area contributed by atoms with Crippen LogP contribution in [0.2, 0.25) is 0 Å². The van der Waals surface area contributed by atoms with Crippen LogP contribution in [0.3, 0.4) is 0 Å². The van der Waals surface area contributed by atoms with Gasteiger partial charge in [0, 0.05) is 41.7 Å². The zero-order valence-electron chi connectivity index (χ0n) is 11.0. The van der Waals surface area contributed by atoms with E-state index in [4.69, 9.17) is 0 Å². The minimum absolute atomic E-state index is 0. The average Bonchev–Trinajstić information content (AvgIpc) is 2.09. The minimum atomic E-state index is -0.102. The summed E-state index contributed by atoms with van der Waals surface area (Å²) < 4.78 is 0. The molecule has 90 valence electrons. The molecule has 0 unspecified atom stereocenters. The molecule has 1 aromatic rings. The standard InChI is InChI=1S/C14H18O2.Ce/c1-8-6-9(2)13(10(3)7-8)14(11(4)15)12(5)16;/h6-7,15H,1-5H3;/b14-11+;. The number of aryl methyl sites for hydroxylation is 3. The van der Waals surface area contributed by atoms with Gasteiger partial charge in [-0.3, -0.25) is 4.79 Å². The van der Waals surface area contributed by atoms with Crippen LogP contribution >= 0.6 is 0 Å². The summed E-state index contributed by atoms with van der Waals surface area (Å²) in [5, 5.41) is 9.61. The van der Waals surface area contributed by atoms with E-state index < -0.39 is 0 Å². The number of aliphatic hydroxyl groups excluding tert-OH is 1. The van der Waals surface area contributed by atoms with E-state index in [1.54, 1.807) is 6.92 Å². The molecule has 0 saturated heterocycles. The fraction of sp³-hybridized carbons (Fsp3) is 0.357. The second-order valence-corrected chi connectivity index (χ2v) is 4.29. The molecule has 2 nitrogen and oxygen atoms in total. The number of rotatable bonds is 2. The van der Waals surface area contributed by atoms with Gasteiger partial charge < -0.3 is 5.11 Å². The van der Waals surface area contributed by atoms with Gasteiger partial charge >= 0.3 is 0 Å². The quantitative estimate of drug-likeness (QED) is 0.649. The number of allylic oxidation sites excluding steroid dienone is 2. The van der Waals surface area contributed by atoms with Crippen molar-refractivity contribution < 1.29 is 51.6 Å². The van der Waals surface area contributed by atoms with E-state index in [1.807, 2.05) is 32.9 Å². The summed E-state index contributed by atoms with van der Waals surface area (Å²) in [4.78, 5) is 11.6. The van der Waals surface area contributed by atoms with Crippen LogP contribution in [0.1, 0.15) is 36.1 Å². The predicted octanol–water partition coefficient (Wildman–Crippen LogP) is 3.49. The molecule has 0 bridgehead atoms. The SMILES string of the molecule is CC(=O)/C(=C(/C)O)c1c(C)cc(C)cc1C.[Ce]. The predicted molar refractivity (Wildman–Crippen MR) is 66.6 cm³/mol. The Morgan fingerprint density at radius 1 is 1.06 bits per heavy atom. The molecule has 0 saturated carbocycles. The van der Waals surface area contributed by atoms with E-state index in [0.29, 0.717) is 5.57 Å². The minimum Gasteiger partial charge on any atom is -0.512 e. The van der Waals surface area contributed by atoms with E-state index >= 15 is 0 Å². The van der Waals surface area contributed by atoms with E-state index in [-0.39, 0.29) is 53.3 Å². The smallest absolute Gasteiger partial charge is 0.163 e. The molecule has 0 aliphatic heterocycles. The Morgan fingerprint density at radius 2 is 1.47 bits per heavy atom. The number of hydrogen-bond donors (Lipinski definition) is 1. The molecule has 0 aliphatic rings. The van der Waals surface area contributed by atoms with Crippen LogP contribution in [-0.4, -0.2) is 10.9 Å². The molecule has 1 N–H and O–H groups in total. The average molecular weight is 358 g/mol. The number of carbonyl (C=O) groups is 1. The van der Waals surface area contributed by atoms with Crippen LogP contribution in [0, 0.1) is 62.5 Å². The van der Waals surface area contributed by atoms with E-state index in [2.05, 4.69) is 0 Å². The zero-order chi connectivity index (χ0) is 12.5. The summed E-state index contributed by atoms with van der Waals surface area (Å²) in [7, 11) is 0. The van der Waals surface area contributed by atoms with Crippen LogP contribution < -0.4 is 0 Å². The van der Waals surface area contributed by atoms with E-state index in [9.17, 15) is 9.90 Å². The van der Waals surface area contributed by atoms with Crippen molar-refractivity contribution >= 4 is 11.4 Å². The van der Waals surface area contributed by atoms with Gasteiger partial charge in [-0.1, -0.05) is 17.7 Å². The number of carbonyl (C=O) groups excluding carboxylic acids is 1. The maximum absolute atomic E-state index is 11.6. The number of Topliss-reactive ketones (excluding diaryl/α,β-unsaturated/α-hetero) is 1. The van der Waals surface area contributed by atoms with Gasteiger partial charge in [-0.2, -0.15) is 0 Å². The molecule has 0 atom stereocenters. The molecule has 0 heterocycles. The molecule has 0 aromatic heterocycles. The van der Waals surface area contributed by atoms with Crippen molar-refractivity contribution in [1.29, 1.82) is 0 Å². The van der Waals surface area contributed by atoms with Crippen LogP contribution in [0.4, 0.5) is 0 Å². The second-order valence-electron chi connectivity index (χ2n) is 4.29. The fourth-order valence-electron chi connectivity index (χ4n) is 2.19. The molecule has 1 aromatic carbocycles. The maximum atomic E-state index is 11.6. The summed E-state index contributed by atoms with van der Waals surface area (Å²) in [6, 6.07) is 4.04. The number of ketones is 1. The Balaban J connectivity index is 0.00000256. The van der Waals surface area contributed by atoms with Crippen molar-refractivity contribution in [3.63, 3.8) is 0 Å². The first-order valence-corrected chi connectivity index (χ1v) is 5.33. The summed E-state index contributed by atoms with van der Waals surface area (Å²) in [6.07, 6.45) is 0. The van der Waals surface area contributed by atoms with Crippen molar-refractivity contribution in [2.75, 3.05) is 0 Å². The van der Waals surface area contributed by atoms with Crippen LogP contribution in [-0.2, 0) is 4.79 Å². The third-order valence-corrected chi connectivity index (χ3v) is 2.64. The summed E-state index contributed by atoms with van der Waals surface area (Å²) in [5.74, 6) is -0.0161. The van der Waals surface area contributed by atoms with Gasteiger partial charge in [0.15, 0.2) is 5.78 Å². The van der Waals surface area contributed by atoms with E-state index in [1.165, 1.54) is 6.92 Å². The largest absolute Gasteiger partial charge is 0.512 e. The molecular formula is C14H18CeO2. The number of hydrogen-bond acceptors (Lipinski definition) is 2. The Morgan fingerprint density at radius 3 is 1.76 bits per heavy atom. The van der Waals surface area contributed by atoms with Crippen molar-refractivity contribution in [1.82, 2.24) is 0 Å². The van der Waals surface area contributed by atoms with Gasteiger partial charge in [-0.15, -0.1) is 0 Å². The first kappa shape index (κ1) is 16.8. The number of aliphatic hydroxyl groups is 1. The van der Waals surface area contributed by atoms with Crippen molar-refractivity contribution in [2.45, 2.75) is 34.6 Å². The molecule has 0 aliphatic carbocycles. The van der Waals surface area contributed by atoms with Gasteiger partial charge in [-0.25, -0.2) is 0 Å². The van der Waals surface area contributed by atoms with Gasteiger partial charge in [0.05, 0.1) is 5.57 Å². The number of benzene rings is 1. The van der Waals surface area contributed by atoms with Gasteiger partial charge in [0.1, 0.15) is 5.76 Å². The molecule has 17 heavy (non-hydrogen) atoms. The van der Waals surface area contributed by atoms with Crippen molar-refractivity contribution in [2.24, 2.45) is 0 Å². The fourth-order valence-corrected chi connectivity index (χ4v) is 2.19. The molecular weight excluding hydrogens is 340 g/mol. The third kappa shape index (κ3) is 3.90. The van der Waals surface area contributed by atoms with Gasteiger partial charge in [0.25, 0.3) is 0 Å². The van der Waals surface area contributed by atoms with Crippen LogP contribution in [0.25, 0.3) is 5.57 Å². The summed E-state index contributed by atoms with van der Waals surface area (Å²) in [6.45, 7) is 8.97. The zero-order valence-corrected chi connectivity index (χ0v) is 14.2. The van der Waals surface area contributed by atoms with Crippen LogP contribution in [0.5, 0.6) is 0 Å². The molecule has 0 spiro atoms. The third-order valence-electron chi connectivity index (χ3n) is 2.64. The van der Waals surface area contributed by atoms with Crippen LogP contribution in [0.15, 0.2) is 17.9 Å². The summed E-state index contributed by atoms with van der Waals surface area (Å²) in [5.41, 5.74) is 4.50. The molecule has 0 fully saturated rings. The molecule has 0 amide bonds. The Labute approximate surface area is 136 Å². The van der Waals surface area contributed by atoms with Crippen molar-refractivity contribution in [3.8, 4) is 0 Å². The topological polar surface area (TPSA) is 37.3 Å². The van der Waals surface area contributed by atoms with Crippen molar-refractivity contribution in [3.05, 3.63) is 40.1 Å². The molecule has 1 rings (SSSR count). The normalized spacial score (nSPS) is 11.6. The van der Waals surface area contributed by atoms with E-state index in [0.717, 1.165) is 22.3 Å². The summed E-state index contributed by atoms with van der Waals surface area (Å²) >= 11 is 0. The second kappa shape index (κ2) is 6.66. The van der Waals surface area contributed by atoms with Gasteiger partial charge in [-0.05, 0) is 51.3 Å². The first-order chi connectivity index (χ1) is 7.34. The Hall–Kier alpha value is -0.193. The Bertz CT molecular complexity index is 446. The molecule has 3 heteroatoms. The first-order valence-electron chi connectivity index (χ1n) is 5.33. The Kier molecular flexibility index (Phi) is 6.59. The molecule has 0 radical (unpaired) electrons. The van der Waals surface area contributed by atoms with Gasteiger partial charge in [0.2, 0.25) is 0 Å².